The van der Waals surface area contributed by atoms with Gasteiger partial charge in [0.2, 0.25) is 11.0 Å². The largest absolute Gasteiger partial charge is 0.349 e. The monoisotopic (exact) mass is 261 g/mol. The minimum Gasteiger partial charge on any atom is -0.349 e. The number of rotatable bonds is 2. The molecule has 2 nitrogen and oxygen atoms in total. The molecule has 0 atom stereocenters. The number of pyridine rings is 1. The zero-order valence-corrected chi connectivity index (χ0v) is 11.6. The molecule has 2 heteroatoms. The van der Waals surface area contributed by atoms with E-state index in [1.807, 2.05) is 0 Å². The Morgan fingerprint density at radius 2 is 1.75 bits per heavy atom. The number of hydrogen-bond acceptors (Lipinski definition) is 0. The number of aromatic amines is 1. The van der Waals surface area contributed by atoms with Crippen LogP contribution < -0.4 is 4.57 Å². The van der Waals surface area contributed by atoms with E-state index in [-0.39, 0.29) is 0 Å². The second-order valence-electron chi connectivity index (χ2n) is 5.29. The van der Waals surface area contributed by atoms with Gasteiger partial charge >= 0.3 is 0 Å². The van der Waals surface area contributed by atoms with Crippen molar-refractivity contribution in [1.29, 1.82) is 0 Å². The molecule has 0 saturated carbocycles. The van der Waals surface area contributed by atoms with Gasteiger partial charge in [0.25, 0.3) is 0 Å². The minimum atomic E-state index is 1.04. The number of nitrogens with one attached hydrogen (secondary N) is 1. The summed E-state index contributed by atoms with van der Waals surface area (Å²) >= 11 is 0. The Morgan fingerprint density at radius 3 is 2.65 bits per heavy atom. The molecule has 0 aliphatic heterocycles. The van der Waals surface area contributed by atoms with Crippen LogP contribution in [0.2, 0.25) is 0 Å². The van der Waals surface area contributed by atoms with Crippen LogP contribution in [-0.2, 0) is 6.54 Å². The van der Waals surface area contributed by atoms with Gasteiger partial charge < -0.3 is 4.98 Å². The lowest BCUT2D eigenvalue weighted by molar-refractivity contribution is -0.644. The third-order valence-corrected chi connectivity index (χ3v) is 3.95. The zero-order valence-electron chi connectivity index (χ0n) is 11.6. The summed E-state index contributed by atoms with van der Waals surface area (Å²) in [6, 6.07) is 19.4. The molecule has 20 heavy (non-hydrogen) atoms. The first kappa shape index (κ1) is 11.5. The van der Waals surface area contributed by atoms with Crippen molar-refractivity contribution < 1.29 is 4.57 Å². The van der Waals surface area contributed by atoms with E-state index < -0.39 is 0 Å². The van der Waals surface area contributed by atoms with Gasteiger partial charge in [-0.2, -0.15) is 4.57 Å². The van der Waals surface area contributed by atoms with Crippen LogP contribution in [0.4, 0.5) is 0 Å². The highest BCUT2D eigenvalue weighted by atomic mass is 15.0. The molecule has 2 aromatic heterocycles. The molecule has 98 valence electrons. The van der Waals surface area contributed by atoms with Crippen LogP contribution in [-0.4, -0.2) is 4.98 Å². The Morgan fingerprint density at radius 1 is 0.950 bits per heavy atom. The lowest BCUT2D eigenvalue weighted by Gasteiger charge is -2.02. The molecule has 4 aromatic rings. The summed E-state index contributed by atoms with van der Waals surface area (Å²) in [5.74, 6) is 0. The zero-order chi connectivity index (χ0) is 13.5. The molecule has 0 spiro atoms. The Labute approximate surface area is 117 Å². The SMILES string of the molecule is CCC[n+]1c2ccccc2cc2[nH]c3ccccc3c21. The van der Waals surface area contributed by atoms with Crippen LogP contribution in [0.5, 0.6) is 0 Å². The predicted molar refractivity (Wildman–Crippen MR) is 83.8 cm³/mol. The highest BCUT2D eigenvalue weighted by molar-refractivity contribution is 6.05. The third kappa shape index (κ3) is 1.54. The molecule has 0 bridgehead atoms. The molecular weight excluding hydrogens is 244 g/mol. The molecule has 0 saturated heterocycles. The lowest BCUT2D eigenvalue weighted by atomic mass is 10.1. The molecule has 4 rings (SSSR count). The fourth-order valence-electron chi connectivity index (χ4n) is 3.13. The topological polar surface area (TPSA) is 19.7 Å². The summed E-state index contributed by atoms with van der Waals surface area (Å²) in [4.78, 5) is 3.55. The number of aryl methyl sites for hydroxylation is 1. The van der Waals surface area contributed by atoms with Crippen molar-refractivity contribution in [3.05, 3.63) is 54.6 Å². The van der Waals surface area contributed by atoms with E-state index in [0.29, 0.717) is 0 Å². The minimum absolute atomic E-state index is 1.04. The average Bonchev–Trinajstić information content (AvgIpc) is 2.85. The quantitative estimate of drug-likeness (QED) is 0.522. The van der Waals surface area contributed by atoms with Crippen molar-refractivity contribution in [3.8, 4) is 0 Å². The van der Waals surface area contributed by atoms with E-state index >= 15 is 0 Å². The van der Waals surface area contributed by atoms with Crippen LogP contribution in [0.1, 0.15) is 13.3 Å². The van der Waals surface area contributed by atoms with Gasteiger partial charge in [0, 0.05) is 17.9 Å². The standard InChI is InChI=1S/C18H16N2/c1-2-11-20-17-10-6-3-7-13(17)12-16-18(20)14-8-4-5-9-15(14)19-16/h3-10,12H,2,11H2,1H3/p+1. The van der Waals surface area contributed by atoms with Crippen LogP contribution in [0.25, 0.3) is 32.8 Å². The highest BCUT2D eigenvalue weighted by Gasteiger charge is 2.18. The predicted octanol–water partition coefficient (Wildman–Crippen LogP) is 4.17. The number of fused-ring (bicyclic) bond motifs is 4. The van der Waals surface area contributed by atoms with Crippen molar-refractivity contribution >= 4 is 32.8 Å². The van der Waals surface area contributed by atoms with Crippen LogP contribution in [0, 0.1) is 0 Å². The molecule has 2 heterocycles. The molecule has 0 radical (unpaired) electrons. The number of benzene rings is 2. The van der Waals surface area contributed by atoms with E-state index in [9.17, 15) is 0 Å². The summed E-state index contributed by atoms with van der Waals surface area (Å²) < 4.78 is 2.45. The van der Waals surface area contributed by atoms with E-state index in [4.69, 9.17) is 0 Å². The first-order chi connectivity index (χ1) is 9.88. The Bertz CT molecular complexity index is 919. The van der Waals surface area contributed by atoms with Crippen molar-refractivity contribution in [3.63, 3.8) is 0 Å². The van der Waals surface area contributed by atoms with Crippen molar-refractivity contribution in [2.75, 3.05) is 0 Å². The van der Waals surface area contributed by atoms with Gasteiger partial charge in [-0.1, -0.05) is 31.2 Å². The molecule has 0 aliphatic carbocycles. The van der Waals surface area contributed by atoms with Crippen molar-refractivity contribution in [1.82, 2.24) is 4.98 Å². The summed E-state index contributed by atoms with van der Waals surface area (Å²) in [5, 5.41) is 2.60. The smallest absolute Gasteiger partial charge is 0.238 e. The molecule has 0 aliphatic rings. The van der Waals surface area contributed by atoms with Gasteiger partial charge in [-0.25, -0.2) is 0 Å². The third-order valence-electron chi connectivity index (χ3n) is 3.95. The number of H-pyrrole nitrogens is 1. The Hall–Kier alpha value is -2.35. The van der Waals surface area contributed by atoms with Crippen LogP contribution >= 0.6 is 0 Å². The Balaban J connectivity index is 2.26. The van der Waals surface area contributed by atoms with E-state index in [1.165, 1.54) is 32.8 Å². The normalized spacial score (nSPS) is 11.7. The lowest BCUT2D eigenvalue weighted by Crippen LogP contribution is -2.35. The fourth-order valence-corrected chi connectivity index (χ4v) is 3.13. The summed E-state index contributed by atoms with van der Waals surface area (Å²) in [6.45, 7) is 3.27. The molecule has 0 amide bonds. The van der Waals surface area contributed by atoms with Crippen molar-refractivity contribution in [2.45, 2.75) is 19.9 Å². The van der Waals surface area contributed by atoms with Gasteiger partial charge in [-0.3, -0.25) is 0 Å². The summed E-state index contributed by atoms with van der Waals surface area (Å²) in [6.07, 6.45) is 1.13. The second-order valence-corrected chi connectivity index (χ2v) is 5.29. The second kappa shape index (κ2) is 4.34. The fraction of sp³-hybridized carbons (Fsp3) is 0.167. The number of hydrogen-bond donors (Lipinski definition) is 1. The van der Waals surface area contributed by atoms with E-state index in [2.05, 4.69) is 71.1 Å². The number of para-hydroxylation sites is 2. The van der Waals surface area contributed by atoms with Gasteiger partial charge in [-0.05, 0) is 24.3 Å². The van der Waals surface area contributed by atoms with Gasteiger partial charge in [0.1, 0.15) is 12.1 Å². The molecule has 2 aromatic carbocycles. The molecule has 0 fully saturated rings. The molecular formula is C18H17N2+. The van der Waals surface area contributed by atoms with E-state index in [0.717, 1.165) is 13.0 Å². The van der Waals surface area contributed by atoms with Crippen LogP contribution in [0.3, 0.4) is 0 Å². The maximum atomic E-state index is 3.55. The molecule has 0 unspecified atom stereocenters. The highest BCUT2D eigenvalue weighted by Crippen LogP contribution is 2.25. The molecule has 1 N–H and O–H groups in total. The number of aromatic nitrogens is 2. The van der Waals surface area contributed by atoms with E-state index in [1.54, 1.807) is 0 Å². The Kier molecular flexibility index (Phi) is 2.49. The van der Waals surface area contributed by atoms with Crippen molar-refractivity contribution in [2.24, 2.45) is 0 Å². The summed E-state index contributed by atoms with van der Waals surface area (Å²) in [7, 11) is 0. The van der Waals surface area contributed by atoms with Crippen LogP contribution in [0.15, 0.2) is 54.6 Å². The van der Waals surface area contributed by atoms with Gasteiger partial charge in [0.05, 0.1) is 10.9 Å². The first-order valence-electron chi connectivity index (χ1n) is 7.20. The maximum absolute atomic E-state index is 3.55. The summed E-state index contributed by atoms with van der Waals surface area (Å²) in [5.41, 5.74) is 5.06. The first-order valence-corrected chi connectivity index (χ1v) is 7.20. The number of nitrogens with zero attached hydrogens (tertiary/aromatic N) is 1. The van der Waals surface area contributed by atoms with Gasteiger partial charge in [-0.15, -0.1) is 0 Å². The van der Waals surface area contributed by atoms with Gasteiger partial charge in [0.15, 0.2) is 0 Å². The maximum Gasteiger partial charge on any atom is 0.238 e. The average molecular weight is 261 g/mol.